The SMILES string of the molecule is CC(=O)Nc1ccc(N(Cc2cn3ccccc3n2)Cc2cn3ccccc3n2)cc1. The molecule has 5 rings (SSSR count). The van der Waals surface area contributed by atoms with Gasteiger partial charge in [-0.1, -0.05) is 12.1 Å². The number of nitrogens with one attached hydrogen (secondary N) is 1. The number of anilines is 2. The lowest BCUT2D eigenvalue weighted by Crippen LogP contribution is -2.22. The Hall–Kier alpha value is -4.13. The molecule has 154 valence electrons. The molecular weight excluding hydrogens is 388 g/mol. The number of pyridine rings is 2. The summed E-state index contributed by atoms with van der Waals surface area (Å²) in [5.41, 5.74) is 5.60. The summed E-state index contributed by atoms with van der Waals surface area (Å²) in [6, 6.07) is 19.8. The third kappa shape index (κ3) is 4.11. The molecule has 1 aromatic carbocycles. The Morgan fingerprint density at radius 3 is 1.87 bits per heavy atom. The molecule has 0 aliphatic heterocycles. The molecule has 5 aromatic rings. The summed E-state index contributed by atoms with van der Waals surface area (Å²) in [6.07, 6.45) is 8.11. The average molecular weight is 410 g/mol. The standard InChI is InChI=1S/C24H22N6O/c1-18(31)25-19-8-10-22(11-9-19)30(16-20-14-28-12-4-2-6-23(28)26-20)17-21-15-29-13-5-3-7-24(29)27-21/h2-15H,16-17H2,1H3,(H,25,31). The molecule has 1 N–H and O–H groups in total. The largest absolute Gasteiger partial charge is 0.360 e. The van der Waals surface area contributed by atoms with Gasteiger partial charge >= 0.3 is 0 Å². The van der Waals surface area contributed by atoms with Crippen LogP contribution in [0.1, 0.15) is 18.3 Å². The number of rotatable bonds is 6. The van der Waals surface area contributed by atoms with Crippen molar-refractivity contribution in [1.82, 2.24) is 18.8 Å². The van der Waals surface area contributed by atoms with E-state index < -0.39 is 0 Å². The first kappa shape index (κ1) is 18.9. The highest BCUT2D eigenvalue weighted by Gasteiger charge is 2.13. The lowest BCUT2D eigenvalue weighted by atomic mass is 10.2. The van der Waals surface area contributed by atoms with Gasteiger partial charge in [0.05, 0.1) is 24.5 Å². The normalized spacial score (nSPS) is 11.1. The molecule has 0 bridgehead atoms. The second-order valence-electron chi connectivity index (χ2n) is 7.48. The van der Waals surface area contributed by atoms with Crippen LogP contribution in [0.2, 0.25) is 0 Å². The van der Waals surface area contributed by atoms with Gasteiger partial charge in [-0.15, -0.1) is 0 Å². The van der Waals surface area contributed by atoms with E-state index in [0.717, 1.165) is 34.1 Å². The van der Waals surface area contributed by atoms with Crippen LogP contribution in [0.15, 0.2) is 85.5 Å². The predicted molar refractivity (Wildman–Crippen MR) is 121 cm³/mol. The molecule has 7 heteroatoms. The first-order chi connectivity index (χ1) is 15.1. The number of carbonyl (C=O) groups excluding carboxylic acids is 1. The number of fused-ring (bicyclic) bond motifs is 2. The molecular formula is C24H22N6O. The number of hydrogen-bond donors (Lipinski definition) is 1. The van der Waals surface area contributed by atoms with Gasteiger partial charge in [0.1, 0.15) is 11.3 Å². The maximum absolute atomic E-state index is 11.3. The molecule has 0 radical (unpaired) electrons. The van der Waals surface area contributed by atoms with Gasteiger partial charge in [0, 0.05) is 43.1 Å². The van der Waals surface area contributed by atoms with E-state index in [1.54, 1.807) is 0 Å². The molecule has 0 spiro atoms. The summed E-state index contributed by atoms with van der Waals surface area (Å²) in [5.74, 6) is -0.0843. The van der Waals surface area contributed by atoms with Crippen molar-refractivity contribution >= 4 is 28.6 Å². The summed E-state index contributed by atoms with van der Waals surface area (Å²) in [4.78, 5) is 23.1. The molecule has 0 unspecified atom stereocenters. The molecule has 0 saturated heterocycles. The second-order valence-corrected chi connectivity index (χ2v) is 7.48. The topological polar surface area (TPSA) is 66.9 Å². The fourth-order valence-corrected chi connectivity index (χ4v) is 3.72. The zero-order chi connectivity index (χ0) is 21.2. The molecule has 0 atom stereocenters. The zero-order valence-electron chi connectivity index (χ0n) is 17.1. The molecule has 1 amide bonds. The van der Waals surface area contributed by atoms with Crippen molar-refractivity contribution in [2.24, 2.45) is 0 Å². The Kier molecular flexibility index (Phi) is 4.84. The summed E-state index contributed by atoms with van der Waals surface area (Å²) in [7, 11) is 0. The van der Waals surface area contributed by atoms with Crippen LogP contribution < -0.4 is 10.2 Å². The molecule has 0 aliphatic rings. The third-order valence-electron chi connectivity index (χ3n) is 5.09. The number of carbonyl (C=O) groups is 1. The minimum atomic E-state index is -0.0843. The quantitative estimate of drug-likeness (QED) is 0.457. The molecule has 7 nitrogen and oxygen atoms in total. The van der Waals surface area contributed by atoms with Crippen molar-refractivity contribution in [3.63, 3.8) is 0 Å². The maximum Gasteiger partial charge on any atom is 0.221 e. The van der Waals surface area contributed by atoms with Crippen molar-refractivity contribution in [2.75, 3.05) is 10.2 Å². The van der Waals surface area contributed by atoms with Crippen LogP contribution in [0, 0.1) is 0 Å². The minimum Gasteiger partial charge on any atom is -0.360 e. The van der Waals surface area contributed by atoms with Gasteiger partial charge in [0.25, 0.3) is 0 Å². The fraction of sp³-hybridized carbons (Fsp3) is 0.125. The van der Waals surface area contributed by atoms with Gasteiger partial charge in [-0.25, -0.2) is 9.97 Å². The number of benzene rings is 1. The van der Waals surface area contributed by atoms with Gasteiger partial charge in [-0.2, -0.15) is 0 Å². The Bertz CT molecular complexity index is 1210. The van der Waals surface area contributed by atoms with Crippen LogP contribution in [0.5, 0.6) is 0 Å². The van der Waals surface area contributed by atoms with Crippen LogP contribution in [-0.2, 0) is 17.9 Å². The van der Waals surface area contributed by atoms with E-state index in [4.69, 9.17) is 9.97 Å². The minimum absolute atomic E-state index is 0.0843. The number of nitrogens with zero attached hydrogens (tertiary/aromatic N) is 5. The van der Waals surface area contributed by atoms with E-state index >= 15 is 0 Å². The smallest absolute Gasteiger partial charge is 0.221 e. The van der Waals surface area contributed by atoms with E-state index in [9.17, 15) is 4.79 Å². The zero-order valence-corrected chi connectivity index (χ0v) is 17.1. The summed E-state index contributed by atoms with van der Waals surface area (Å²) >= 11 is 0. The third-order valence-corrected chi connectivity index (χ3v) is 5.09. The number of aromatic nitrogens is 4. The van der Waals surface area contributed by atoms with E-state index in [-0.39, 0.29) is 5.91 Å². The highest BCUT2D eigenvalue weighted by atomic mass is 16.1. The predicted octanol–water partition coefficient (Wildman–Crippen LogP) is 4.15. The van der Waals surface area contributed by atoms with Crippen LogP contribution in [0.3, 0.4) is 0 Å². The summed E-state index contributed by atoms with van der Waals surface area (Å²) in [6.45, 7) is 2.77. The van der Waals surface area contributed by atoms with Gasteiger partial charge in [0.2, 0.25) is 5.91 Å². The number of amides is 1. The molecule has 0 aliphatic carbocycles. The van der Waals surface area contributed by atoms with Crippen molar-refractivity contribution in [3.8, 4) is 0 Å². The van der Waals surface area contributed by atoms with Crippen LogP contribution in [-0.4, -0.2) is 24.7 Å². The Morgan fingerprint density at radius 2 is 1.39 bits per heavy atom. The first-order valence-corrected chi connectivity index (χ1v) is 10.1. The van der Waals surface area contributed by atoms with Crippen molar-refractivity contribution in [3.05, 3.63) is 96.8 Å². The highest BCUT2D eigenvalue weighted by Crippen LogP contribution is 2.23. The summed E-state index contributed by atoms with van der Waals surface area (Å²) in [5, 5.41) is 2.82. The molecule has 31 heavy (non-hydrogen) atoms. The number of imidazole rings is 2. The molecule has 4 heterocycles. The fourth-order valence-electron chi connectivity index (χ4n) is 3.72. The van der Waals surface area contributed by atoms with Crippen molar-refractivity contribution in [1.29, 1.82) is 0 Å². The van der Waals surface area contributed by atoms with E-state index in [1.807, 2.05) is 81.9 Å². The van der Waals surface area contributed by atoms with Crippen LogP contribution >= 0.6 is 0 Å². The van der Waals surface area contributed by atoms with Gasteiger partial charge in [-0.3, -0.25) is 4.79 Å². The number of hydrogen-bond acceptors (Lipinski definition) is 4. The molecule has 0 saturated carbocycles. The lowest BCUT2D eigenvalue weighted by Gasteiger charge is -2.23. The van der Waals surface area contributed by atoms with Gasteiger partial charge in [0.15, 0.2) is 0 Å². The molecule has 4 aromatic heterocycles. The Labute approximate surface area is 179 Å². The monoisotopic (exact) mass is 410 g/mol. The van der Waals surface area contributed by atoms with Crippen molar-refractivity contribution in [2.45, 2.75) is 20.0 Å². The first-order valence-electron chi connectivity index (χ1n) is 10.1. The van der Waals surface area contributed by atoms with E-state index in [0.29, 0.717) is 13.1 Å². The highest BCUT2D eigenvalue weighted by molar-refractivity contribution is 5.88. The van der Waals surface area contributed by atoms with Crippen molar-refractivity contribution < 1.29 is 4.79 Å². The lowest BCUT2D eigenvalue weighted by molar-refractivity contribution is -0.114. The molecule has 0 fully saturated rings. The Morgan fingerprint density at radius 1 is 0.839 bits per heavy atom. The summed E-state index contributed by atoms with van der Waals surface area (Å²) < 4.78 is 4.05. The van der Waals surface area contributed by atoms with Crippen LogP contribution in [0.4, 0.5) is 11.4 Å². The van der Waals surface area contributed by atoms with Crippen LogP contribution in [0.25, 0.3) is 11.3 Å². The maximum atomic E-state index is 11.3. The van der Waals surface area contributed by atoms with E-state index in [1.165, 1.54) is 6.92 Å². The van der Waals surface area contributed by atoms with Gasteiger partial charge < -0.3 is 19.0 Å². The Balaban J connectivity index is 1.46. The second kappa shape index (κ2) is 7.95. The van der Waals surface area contributed by atoms with Gasteiger partial charge in [-0.05, 0) is 48.5 Å². The average Bonchev–Trinajstić information content (AvgIpc) is 3.36. The van der Waals surface area contributed by atoms with E-state index in [2.05, 4.69) is 22.6 Å².